The molecule has 0 radical (unpaired) electrons. The van der Waals surface area contributed by atoms with Crippen molar-refractivity contribution in [1.82, 2.24) is 4.31 Å². The monoisotopic (exact) mass is 249 g/mol. The van der Waals surface area contributed by atoms with Crippen molar-refractivity contribution in [2.75, 3.05) is 12.3 Å². The average molecular weight is 250 g/mol. The first-order chi connectivity index (χ1) is 7.25. The van der Waals surface area contributed by atoms with Crippen LogP contribution in [0.3, 0.4) is 0 Å². The third-order valence-corrected chi connectivity index (χ3v) is 4.29. The summed E-state index contributed by atoms with van der Waals surface area (Å²) < 4.78 is 1.83. The molecule has 0 bridgehead atoms. The number of nitrogens with zero attached hydrogens (tertiary/aromatic N) is 1. The standard InChI is InChI=1S/C11H20ClNOS/c1-2-3-4-5-6-7-8-13-11(14)10(12)9-15-13/h10H,2-9H2,1H3. The molecule has 0 aromatic heterocycles. The molecule has 88 valence electrons. The van der Waals surface area contributed by atoms with Gasteiger partial charge >= 0.3 is 0 Å². The summed E-state index contributed by atoms with van der Waals surface area (Å²) in [7, 11) is 0. The lowest BCUT2D eigenvalue weighted by Crippen LogP contribution is -2.24. The molecule has 0 aliphatic carbocycles. The second kappa shape index (κ2) is 7.39. The van der Waals surface area contributed by atoms with E-state index in [1.165, 1.54) is 32.1 Å². The first-order valence-corrected chi connectivity index (χ1v) is 7.22. The third-order valence-electron chi connectivity index (χ3n) is 2.61. The van der Waals surface area contributed by atoms with Crippen molar-refractivity contribution in [3.8, 4) is 0 Å². The molecule has 4 heteroatoms. The zero-order chi connectivity index (χ0) is 11.1. The van der Waals surface area contributed by atoms with Gasteiger partial charge in [0.2, 0.25) is 0 Å². The van der Waals surface area contributed by atoms with Gasteiger partial charge in [0, 0.05) is 12.3 Å². The Kier molecular flexibility index (Phi) is 6.50. The summed E-state index contributed by atoms with van der Waals surface area (Å²) in [6.45, 7) is 3.10. The molecule has 0 aromatic rings. The van der Waals surface area contributed by atoms with E-state index in [1.54, 1.807) is 11.9 Å². The second-order valence-electron chi connectivity index (χ2n) is 3.97. The van der Waals surface area contributed by atoms with E-state index in [4.69, 9.17) is 11.6 Å². The number of carbonyl (C=O) groups excluding carboxylic acids is 1. The van der Waals surface area contributed by atoms with Gasteiger partial charge in [-0.05, 0) is 18.4 Å². The highest BCUT2D eigenvalue weighted by Gasteiger charge is 2.30. The van der Waals surface area contributed by atoms with Gasteiger partial charge in [0.25, 0.3) is 5.91 Å². The summed E-state index contributed by atoms with van der Waals surface area (Å²) in [6.07, 6.45) is 7.60. The van der Waals surface area contributed by atoms with Crippen molar-refractivity contribution < 1.29 is 4.79 Å². The summed E-state index contributed by atoms with van der Waals surface area (Å²) in [5, 5.41) is -0.282. The van der Waals surface area contributed by atoms with Crippen LogP contribution >= 0.6 is 23.5 Å². The molecule has 1 fully saturated rings. The van der Waals surface area contributed by atoms with Gasteiger partial charge in [-0.3, -0.25) is 9.10 Å². The molecule has 1 atom stereocenters. The summed E-state index contributed by atoms with van der Waals surface area (Å²) in [5.74, 6) is 0.853. The maximum absolute atomic E-state index is 11.4. The maximum atomic E-state index is 11.4. The van der Waals surface area contributed by atoms with Crippen LogP contribution in [0.5, 0.6) is 0 Å². The first-order valence-electron chi connectivity index (χ1n) is 5.84. The van der Waals surface area contributed by atoms with Gasteiger partial charge in [0.15, 0.2) is 0 Å². The topological polar surface area (TPSA) is 20.3 Å². The van der Waals surface area contributed by atoms with Crippen molar-refractivity contribution in [2.24, 2.45) is 0 Å². The molecule has 0 spiro atoms. The summed E-state index contributed by atoms with van der Waals surface area (Å²) in [5.41, 5.74) is 0. The van der Waals surface area contributed by atoms with Crippen molar-refractivity contribution >= 4 is 29.5 Å². The zero-order valence-electron chi connectivity index (χ0n) is 9.38. The molecule has 0 N–H and O–H groups in total. The van der Waals surface area contributed by atoms with E-state index in [9.17, 15) is 4.79 Å². The van der Waals surface area contributed by atoms with E-state index in [2.05, 4.69) is 6.92 Å². The molecular weight excluding hydrogens is 230 g/mol. The average Bonchev–Trinajstić information content (AvgIpc) is 2.54. The highest BCUT2D eigenvalue weighted by molar-refractivity contribution is 7.98. The Morgan fingerprint density at radius 2 is 2.00 bits per heavy atom. The Bertz CT molecular complexity index is 201. The first kappa shape index (κ1) is 13.2. The van der Waals surface area contributed by atoms with E-state index in [0.29, 0.717) is 0 Å². The fourth-order valence-corrected chi connectivity index (χ4v) is 2.97. The Balaban J connectivity index is 1.98. The molecule has 1 saturated heterocycles. The lowest BCUT2D eigenvalue weighted by Gasteiger charge is -2.13. The smallest absolute Gasteiger partial charge is 0.251 e. The molecule has 1 rings (SSSR count). The van der Waals surface area contributed by atoms with Gasteiger partial charge in [-0.1, -0.05) is 39.0 Å². The number of alkyl halides is 1. The maximum Gasteiger partial charge on any atom is 0.251 e. The van der Waals surface area contributed by atoms with Crippen LogP contribution in [-0.4, -0.2) is 27.9 Å². The van der Waals surface area contributed by atoms with Gasteiger partial charge < -0.3 is 0 Å². The molecule has 1 heterocycles. The third kappa shape index (κ3) is 4.64. The number of rotatable bonds is 7. The molecule has 1 unspecified atom stereocenters. The van der Waals surface area contributed by atoms with Crippen molar-refractivity contribution in [2.45, 2.75) is 50.8 Å². The minimum Gasteiger partial charge on any atom is -0.285 e. The molecule has 2 nitrogen and oxygen atoms in total. The molecule has 0 aromatic carbocycles. The molecular formula is C11H20ClNOS. The molecule has 0 saturated carbocycles. The van der Waals surface area contributed by atoms with Crippen molar-refractivity contribution in [3.05, 3.63) is 0 Å². The number of halogens is 1. The van der Waals surface area contributed by atoms with E-state index in [-0.39, 0.29) is 11.3 Å². The second-order valence-corrected chi connectivity index (χ2v) is 5.53. The number of hydrogen-bond donors (Lipinski definition) is 0. The van der Waals surface area contributed by atoms with Crippen LogP contribution in [-0.2, 0) is 4.79 Å². The predicted octanol–water partition coefficient (Wildman–Crippen LogP) is 3.44. The normalized spacial score (nSPS) is 21.3. The minimum atomic E-state index is -0.282. The van der Waals surface area contributed by atoms with Crippen molar-refractivity contribution in [1.29, 1.82) is 0 Å². The highest BCUT2D eigenvalue weighted by atomic mass is 35.5. The van der Waals surface area contributed by atoms with Crippen LogP contribution in [0.1, 0.15) is 45.4 Å². The summed E-state index contributed by atoms with van der Waals surface area (Å²) >= 11 is 7.41. The fraction of sp³-hybridized carbons (Fsp3) is 0.909. The van der Waals surface area contributed by atoms with Gasteiger partial charge in [0.1, 0.15) is 5.38 Å². The Morgan fingerprint density at radius 1 is 1.33 bits per heavy atom. The molecule has 1 aliphatic rings. The van der Waals surface area contributed by atoms with E-state index in [0.717, 1.165) is 18.7 Å². The number of unbranched alkanes of at least 4 members (excludes halogenated alkanes) is 5. The summed E-state index contributed by atoms with van der Waals surface area (Å²) in [6, 6.07) is 0. The lowest BCUT2D eigenvalue weighted by atomic mass is 10.1. The zero-order valence-corrected chi connectivity index (χ0v) is 10.9. The summed E-state index contributed by atoms with van der Waals surface area (Å²) in [4.78, 5) is 11.4. The largest absolute Gasteiger partial charge is 0.285 e. The van der Waals surface area contributed by atoms with Crippen LogP contribution < -0.4 is 0 Å². The van der Waals surface area contributed by atoms with Crippen LogP contribution in [0.4, 0.5) is 0 Å². The minimum absolute atomic E-state index is 0.107. The predicted molar refractivity (Wildman–Crippen MR) is 67.2 cm³/mol. The van der Waals surface area contributed by atoms with Crippen LogP contribution in [0.15, 0.2) is 0 Å². The van der Waals surface area contributed by atoms with Gasteiger partial charge in [-0.25, -0.2) is 0 Å². The SMILES string of the molecule is CCCCCCCCN1SCC(Cl)C1=O. The van der Waals surface area contributed by atoms with Crippen LogP contribution in [0.25, 0.3) is 0 Å². The Labute approximate surface area is 102 Å². The van der Waals surface area contributed by atoms with Gasteiger partial charge in [-0.2, -0.15) is 0 Å². The van der Waals surface area contributed by atoms with Gasteiger partial charge in [0.05, 0.1) is 0 Å². The van der Waals surface area contributed by atoms with Gasteiger partial charge in [-0.15, -0.1) is 11.6 Å². The number of hydrogen-bond acceptors (Lipinski definition) is 2. The van der Waals surface area contributed by atoms with E-state index >= 15 is 0 Å². The number of carbonyl (C=O) groups is 1. The molecule has 15 heavy (non-hydrogen) atoms. The van der Waals surface area contributed by atoms with E-state index in [1.807, 2.05) is 4.31 Å². The number of amides is 1. The Morgan fingerprint density at radius 3 is 2.60 bits per heavy atom. The molecule has 1 aliphatic heterocycles. The quantitative estimate of drug-likeness (QED) is 0.391. The van der Waals surface area contributed by atoms with Crippen LogP contribution in [0, 0.1) is 0 Å². The highest BCUT2D eigenvalue weighted by Crippen LogP contribution is 2.25. The lowest BCUT2D eigenvalue weighted by molar-refractivity contribution is -0.124. The Hall–Kier alpha value is 0.110. The molecule has 1 amide bonds. The van der Waals surface area contributed by atoms with Crippen LogP contribution in [0.2, 0.25) is 0 Å². The van der Waals surface area contributed by atoms with Crippen molar-refractivity contribution in [3.63, 3.8) is 0 Å². The van der Waals surface area contributed by atoms with E-state index < -0.39 is 0 Å². The fourth-order valence-electron chi connectivity index (χ4n) is 1.66.